The maximum absolute atomic E-state index is 14.6. The van der Waals surface area contributed by atoms with Gasteiger partial charge in [0, 0.05) is 61.5 Å². The van der Waals surface area contributed by atoms with Crippen molar-refractivity contribution in [2.75, 3.05) is 31.6 Å². The molecular formula is C25H28BFN4O4. The van der Waals surface area contributed by atoms with Gasteiger partial charge in [-0.2, -0.15) is 0 Å². The van der Waals surface area contributed by atoms with Crippen molar-refractivity contribution in [2.24, 2.45) is 0 Å². The molecule has 1 atom stereocenters. The van der Waals surface area contributed by atoms with E-state index in [9.17, 15) is 18.8 Å². The van der Waals surface area contributed by atoms with Gasteiger partial charge in [-0.05, 0) is 29.8 Å². The first-order valence-electron chi connectivity index (χ1n) is 11.7. The number of nitrogens with zero attached hydrogens (tertiary/aromatic N) is 2. The van der Waals surface area contributed by atoms with Crippen LogP contribution in [0.3, 0.4) is 0 Å². The number of benzene rings is 2. The van der Waals surface area contributed by atoms with Crippen LogP contribution in [-0.2, 0) is 34.0 Å². The third-order valence-corrected chi connectivity index (χ3v) is 6.27. The van der Waals surface area contributed by atoms with Gasteiger partial charge in [0.05, 0.1) is 19.2 Å². The Morgan fingerprint density at radius 3 is 2.71 bits per heavy atom. The average molecular weight is 478 g/mol. The monoisotopic (exact) mass is 478 g/mol. The van der Waals surface area contributed by atoms with Crippen LogP contribution in [0.4, 0.5) is 10.1 Å². The fourth-order valence-electron chi connectivity index (χ4n) is 4.26. The number of halogens is 1. The highest BCUT2D eigenvalue weighted by atomic mass is 19.1. The standard InChI is InChI=1S/C25H28BFN4O4/c1-2-22(32)29-24(33)23(26)31-15-19-18(25(31)34)4-3-5-21(19)28-13-17-12-16(6-7-20(17)27)14-30-8-10-35-11-9-30/h3-7,12,23,28H,2,8-11,13-15H2,1H3,(H,29,32,33). The molecule has 2 N–H and O–H groups in total. The molecule has 0 bridgehead atoms. The Labute approximate surface area is 205 Å². The van der Waals surface area contributed by atoms with Crippen molar-refractivity contribution in [3.05, 3.63) is 64.5 Å². The first-order chi connectivity index (χ1) is 16.9. The highest BCUT2D eigenvalue weighted by Gasteiger charge is 2.35. The van der Waals surface area contributed by atoms with E-state index in [0.717, 1.165) is 25.2 Å². The molecule has 2 aliphatic heterocycles. The van der Waals surface area contributed by atoms with E-state index in [-0.39, 0.29) is 25.3 Å². The number of morpholine rings is 1. The summed E-state index contributed by atoms with van der Waals surface area (Å²) >= 11 is 0. The van der Waals surface area contributed by atoms with Gasteiger partial charge in [0.25, 0.3) is 5.91 Å². The van der Waals surface area contributed by atoms with Crippen LogP contribution in [0.2, 0.25) is 0 Å². The summed E-state index contributed by atoms with van der Waals surface area (Å²) in [6.45, 7) is 5.76. The van der Waals surface area contributed by atoms with Crippen LogP contribution >= 0.6 is 0 Å². The topological polar surface area (TPSA) is 91.0 Å². The maximum Gasteiger partial charge on any atom is 0.254 e. The molecule has 2 aromatic rings. The van der Waals surface area contributed by atoms with Gasteiger partial charge in [0.15, 0.2) is 0 Å². The van der Waals surface area contributed by atoms with Gasteiger partial charge >= 0.3 is 0 Å². The molecule has 1 saturated heterocycles. The molecule has 0 aromatic heterocycles. The minimum absolute atomic E-state index is 0.103. The number of rotatable bonds is 8. The number of fused-ring (bicyclic) bond motifs is 1. The highest BCUT2D eigenvalue weighted by molar-refractivity contribution is 6.27. The zero-order chi connectivity index (χ0) is 24.9. The van der Waals surface area contributed by atoms with Gasteiger partial charge in [0.1, 0.15) is 13.7 Å². The normalized spacial score (nSPS) is 16.6. The number of anilines is 1. The molecule has 10 heteroatoms. The summed E-state index contributed by atoms with van der Waals surface area (Å²) in [5, 5.41) is 5.43. The number of hydrogen-bond acceptors (Lipinski definition) is 6. The fraction of sp³-hybridized carbons (Fsp3) is 0.400. The largest absolute Gasteiger partial charge is 0.381 e. The summed E-state index contributed by atoms with van der Waals surface area (Å²) in [6.07, 6.45) is 0.130. The van der Waals surface area contributed by atoms with Gasteiger partial charge in [-0.3, -0.25) is 24.6 Å². The zero-order valence-corrected chi connectivity index (χ0v) is 19.7. The molecule has 0 aliphatic carbocycles. The van der Waals surface area contributed by atoms with Crippen molar-refractivity contribution in [1.82, 2.24) is 15.1 Å². The number of carbonyl (C=O) groups is 3. The van der Waals surface area contributed by atoms with E-state index >= 15 is 0 Å². The van der Waals surface area contributed by atoms with Crippen LogP contribution in [0.1, 0.15) is 40.4 Å². The lowest BCUT2D eigenvalue weighted by atomic mass is 9.93. The molecule has 8 nitrogen and oxygen atoms in total. The van der Waals surface area contributed by atoms with E-state index in [4.69, 9.17) is 12.6 Å². The van der Waals surface area contributed by atoms with Crippen molar-refractivity contribution in [3.63, 3.8) is 0 Å². The molecule has 2 radical (unpaired) electrons. The van der Waals surface area contributed by atoms with Crippen molar-refractivity contribution in [2.45, 2.75) is 38.9 Å². The Morgan fingerprint density at radius 2 is 1.97 bits per heavy atom. The number of nitrogens with one attached hydrogen (secondary N) is 2. The maximum atomic E-state index is 14.6. The first kappa shape index (κ1) is 24.9. The summed E-state index contributed by atoms with van der Waals surface area (Å²) in [5.74, 6) is -3.20. The number of amides is 3. The minimum Gasteiger partial charge on any atom is -0.381 e. The molecule has 2 aromatic carbocycles. The van der Waals surface area contributed by atoms with Crippen molar-refractivity contribution >= 4 is 31.3 Å². The van der Waals surface area contributed by atoms with Crippen LogP contribution in [-0.4, -0.2) is 67.6 Å². The summed E-state index contributed by atoms with van der Waals surface area (Å²) in [7, 11) is 5.98. The van der Waals surface area contributed by atoms with Crippen LogP contribution in [0.25, 0.3) is 0 Å². The fourth-order valence-corrected chi connectivity index (χ4v) is 4.26. The summed E-state index contributed by atoms with van der Waals surface area (Å²) in [5.41, 5.74) is 3.29. The SMILES string of the molecule is [B]C(C(=O)NC(=O)CC)N1Cc2c(NCc3cc(CN4CCOCC4)ccc3F)cccc2C1=O. The molecule has 3 amide bonds. The third kappa shape index (κ3) is 5.71. The van der Waals surface area contributed by atoms with Gasteiger partial charge in [-0.25, -0.2) is 4.39 Å². The second-order valence-corrected chi connectivity index (χ2v) is 8.64. The Balaban J connectivity index is 1.45. The van der Waals surface area contributed by atoms with Crippen LogP contribution in [0, 0.1) is 5.82 Å². The van der Waals surface area contributed by atoms with Crippen molar-refractivity contribution in [1.29, 1.82) is 0 Å². The predicted molar refractivity (Wildman–Crippen MR) is 129 cm³/mol. The molecule has 1 fully saturated rings. The molecule has 1 unspecified atom stereocenters. The molecule has 35 heavy (non-hydrogen) atoms. The number of carbonyl (C=O) groups excluding carboxylic acids is 3. The van der Waals surface area contributed by atoms with Crippen LogP contribution in [0.5, 0.6) is 0 Å². The quantitative estimate of drug-likeness (QED) is 0.563. The Kier molecular flexibility index (Phi) is 7.82. The van der Waals surface area contributed by atoms with Gasteiger partial charge < -0.3 is 15.0 Å². The van der Waals surface area contributed by atoms with Gasteiger partial charge in [-0.15, -0.1) is 0 Å². The lowest BCUT2D eigenvalue weighted by molar-refractivity contribution is -0.131. The first-order valence-corrected chi connectivity index (χ1v) is 11.7. The Morgan fingerprint density at radius 1 is 1.20 bits per heavy atom. The second kappa shape index (κ2) is 11.0. The molecule has 4 rings (SSSR count). The van der Waals surface area contributed by atoms with Gasteiger partial charge in [-0.1, -0.05) is 19.1 Å². The van der Waals surface area contributed by atoms with E-state index < -0.39 is 23.7 Å². The molecule has 2 aliphatic rings. The molecule has 182 valence electrons. The van der Waals surface area contributed by atoms with Crippen molar-refractivity contribution in [3.8, 4) is 0 Å². The Bertz CT molecular complexity index is 1120. The smallest absolute Gasteiger partial charge is 0.254 e. The van der Waals surface area contributed by atoms with Gasteiger partial charge in [0.2, 0.25) is 11.8 Å². The summed E-state index contributed by atoms with van der Waals surface area (Å²) in [4.78, 5) is 40.2. The predicted octanol–water partition coefficient (Wildman–Crippen LogP) is 1.77. The minimum atomic E-state index is -1.30. The van der Waals surface area contributed by atoms with E-state index in [1.165, 1.54) is 11.0 Å². The summed E-state index contributed by atoms with van der Waals surface area (Å²) < 4.78 is 19.9. The number of ether oxygens (including phenoxy) is 1. The van der Waals surface area contributed by atoms with Crippen LogP contribution in [0.15, 0.2) is 36.4 Å². The van der Waals surface area contributed by atoms with Crippen LogP contribution < -0.4 is 10.6 Å². The van der Waals surface area contributed by atoms with E-state index in [1.54, 1.807) is 31.2 Å². The molecule has 0 spiro atoms. The van der Waals surface area contributed by atoms with E-state index in [0.29, 0.717) is 35.6 Å². The lowest BCUT2D eigenvalue weighted by Crippen LogP contribution is -2.49. The second-order valence-electron chi connectivity index (χ2n) is 8.64. The molecule has 0 saturated carbocycles. The zero-order valence-electron chi connectivity index (χ0n) is 19.7. The van der Waals surface area contributed by atoms with Crippen molar-refractivity contribution < 1.29 is 23.5 Å². The third-order valence-electron chi connectivity index (χ3n) is 6.27. The lowest BCUT2D eigenvalue weighted by Gasteiger charge is -2.26. The molecular weight excluding hydrogens is 450 g/mol. The summed E-state index contributed by atoms with van der Waals surface area (Å²) in [6, 6.07) is 10.3. The molecule has 2 heterocycles. The Hall–Kier alpha value is -3.24. The number of hydrogen-bond donors (Lipinski definition) is 2. The van der Waals surface area contributed by atoms with E-state index in [2.05, 4.69) is 15.5 Å². The average Bonchev–Trinajstić information content (AvgIpc) is 3.21. The highest BCUT2D eigenvalue weighted by Crippen LogP contribution is 2.31. The number of imide groups is 1. The van der Waals surface area contributed by atoms with E-state index in [1.807, 2.05) is 6.07 Å².